The van der Waals surface area contributed by atoms with Gasteiger partial charge in [0.05, 0.1) is 6.42 Å². The summed E-state index contributed by atoms with van der Waals surface area (Å²) in [6, 6.07) is 14.4. The number of rotatable bonds is 9. The molecule has 270 valence electrons. The van der Waals surface area contributed by atoms with Gasteiger partial charge in [-0.05, 0) is 68.0 Å². The number of hydrogen-bond donors (Lipinski definition) is 6. The van der Waals surface area contributed by atoms with Gasteiger partial charge in [0.25, 0.3) is 5.91 Å². The number of carboxylic acid groups (broad SMARTS) is 3. The van der Waals surface area contributed by atoms with Crippen LogP contribution in [-0.2, 0) is 32.1 Å². The fourth-order valence-electron chi connectivity index (χ4n) is 4.82. The Labute approximate surface area is 276 Å². The number of carbonyl (C=O) groups is 5. The average Bonchev–Trinajstić information content (AvgIpc) is 3.15. The Morgan fingerprint density at radius 3 is 1.98 bits per heavy atom. The van der Waals surface area contributed by atoms with Crippen LogP contribution in [0.25, 0.3) is 0 Å². The van der Waals surface area contributed by atoms with Crippen molar-refractivity contribution in [1.82, 2.24) is 15.5 Å². The number of benzene rings is 2. The largest absolute Gasteiger partial charge is 0.490 e. The zero-order chi connectivity index (χ0) is 36.8. The third kappa shape index (κ3) is 14.4. The minimum atomic E-state index is -5.08. The highest BCUT2D eigenvalue weighted by Gasteiger charge is 2.39. The van der Waals surface area contributed by atoms with Crippen molar-refractivity contribution >= 4 is 35.4 Å². The third-order valence-corrected chi connectivity index (χ3v) is 7.35. The van der Waals surface area contributed by atoms with E-state index in [2.05, 4.69) is 16.0 Å². The standard InChI is InChI=1S/C27H34N4O4.2C2HF3O2/c32-25(33)17-24-27(35)31(15-11-19-4-2-1-3-5-19)18-22-7-6-21(16-23(22)30-24)26(34)29-14-10-20-8-12-28-13-9-20;2*3-2(4,5)1(6)7/h1-7,16,20,24,28,30H,8-15,17-18H2,(H,29,34)(H,32,33);2*(H,6,7). The lowest BCUT2D eigenvalue weighted by Crippen LogP contribution is -2.42. The van der Waals surface area contributed by atoms with E-state index in [-0.39, 0.29) is 18.2 Å². The summed E-state index contributed by atoms with van der Waals surface area (Å²) in [7, 11) is 0. The molecule has 1 unspecified atom stereocenters. The highest BCUT2D eigenvalue weighted by Crippen LogP contribution is 2.26. The van der Waals surface area contributed by atoms with E-state index in [1.165, 1.54) is 0 Å². The van der Waals surface area contributed by atoms with Crippen molar-refractivity contribution in [2.75, 3.05) is 31.5 Å². The van der Waals surface area contributed by atoms with E-state index in [9.17, 15) is 45.8 Å². The number of nitrogens with one attached hydrogen (secondary N) is 3. The van der Waals surface area contributed by atoms with Crippen molar-refractivity contribution in [1.29, 1.82) is 0 Å². The van der Waals surface area contributed by atoms with Crippen LogP contribution < -0.4 is 16.0 Å². The number of anilines is 1. The molecule has 2 aromatic rings. The highest BCUT2D eigenvalue weighted by molar-refractivity contribution is 5.96. The molecule has 1 saturated heterocycles. The number of aliphatic carboxylic acids is 3. The number of carbonyl (C=O) groups excluding carboxylic acids is 2. The molecule has 6 N–H and O–H groups in total. The molecule has 1 atom stereocenters. The molecule has 1 fully saturated rings. The molecule has 18 heteroatoms. The summed E-state index contributed by atoms with van der Waals surface area (Å²) in [6.07, 6.45) is -6.58. The molecule has 0 saturated carbocycles. The summed E-state index contributed by atoms with van der Waals surface area (Å²) >= 11 is 0. The van der Waals surface area contributed by atoms with Gasteiger partial charge >= 0.3 is 30.3 Å². The summed E-state index contributed by atoms with van der Waals surface area (Å²) in [5.74, 6) is -6.33. The monoisotopic (exact) mass is 706 g/mol. The van der Waals surface area contributed by atoms with Crippen LogP contribution in [0, 0.1) is 5.92 Å². The number of carboxylic acids is 3. The summed E-state index contributed by atoms with van der Waals surface area (Å²) < 4.78 is 63.5. The van der Waals surface area contributed by atoms with Crippen LogP contribution in [-0.4, -0.2) is 94.5 Å². The Kier molecular flexibility index (Phi) is 15.3. The number of amides is 2. The molecular formula is C31H36F6N4O8. The van der Waals surface area contributed by atoms with Gasteiger partial charge in [0.15, 0.2) is 0 Å². The van der Waals surface area contributed by atoms with Crippen LogP contribution in [0.4, 0.5) is 32.0 Å². The van der Waals surface area contributed by atoms with Crippen molar-refractivity contribution < 1.29 is 65.6 Å². The normalized spacial score (nSPS) is 16.3. The molecule has 0 spiro atoms. The van der Waals surface area contributed by atoms with Crippen LogP contribution in [0.2, 0.25) is 0 Å². The molecule has 0 radical (unpaired) electrons. The molecule has 12 nitrogen and oxygen atoms in total. The lowest BCUT2D eigenvalue weighted by Gasteiger charge is -2.24. The summed E-state index contributed by atoms with van der Waals surface area (Å²) in [5.41, 5.74) is 3.12. The number of alkyl halides is 6. The zero-order valence-electron chi connectivity index (χ0n) is 25.9. The van der Waals surface area contributed by atoms with Crippen LogP contribution in [0.3, 0.4) is 0 Å². The van der Waals surface area contributed by atoms with Crippen molar-refractivity contribution in [3.8, 4) is 0 Å². The number of piperidine rings is 1. The topological polar surface area (TPSA) is 185 Å². The molecule has 2 heterocycles. The first-order valence-electron chi connectivity index (χ1n) is 14.9. The van der Waals surface area contributed by atoms with E-state index in [4.69, 9.17) is 19.8 Å². The van der Waals surface area contributed by atoms with Gasteiger partial charge < -0.3 is 36.2 Å². The van der Waals surface area contributed by atoms with E-state index < -0.39 is 36.3 Å². The molecular weight excluding hydrogens is 670 g/mol. The summed E-state index contributed by atoms with van der Waals surface area (Å²) in [4.78, 5) is 56.9. The van der Waals surface area contributed by atoms with Gasteiger partial charge in [0.1, 0.15) is 6.04 Å². The lowest BCUT2D eigenvalue weighted by molar-refractivity contribution is -0.193. The van der Waals surface area contributed by atoms with E-state index in [1.807, 2.05) is 36.4 Å². The Hall–Kier alpha value is -4.87. The van der Waals surface area contributed by atoms with Gasteiger partial charge in [-0.3, -0.25) is 14.4 Å². The first kappa shape index (κ1) is 40.3. The molecule has 49 heavy (non-hydrogen) atoms. The smallest absolute Gasteiger partial charge is 0.481 e. The maximum Gasteiger partial charge on any atom is 0.490 e. The number of fused-ring (bicyclic) bond motifs is 1. The first-order valence-corrected chi connectivity index (χ1v) is 14.9. The minimum Gasteiger partial charge on any atom is -0.481 e. The lowest BCUT2D eigenvalue weighted by atomic mass is 9.95. The Balaban J connectivity index is 0.000000500. The molecule has 2 amide bonds. The first-order chi connectivity index (χ1) is 22.9. The van der Waals surface area contributed by atoms with Crippen molar-refractivity contribution in [3.05, 3.63) is 65.2 Å². The molecule has 0 bridgehead atoms. The number of hydrogen-bond acceptors (Lipinski definition) is 7. The van der Waals surface area contributed by atoms with Gasteiger partial charge in [-0.15, -0.1) is 0 Å². The van der Waals surface area contributed by atoms with Gasteiger partial charge in [-0.1, -0.05) is 36.4 Å². The van der Waals surface area contributed by atoms with Gasteiger partial charge in [0, 0.05) is 30.9 Å². The molecule has 0 aliphatic carbocycles. The molecule has 2 aliphatic heterocycles. The second-order valence-electron chi connectivity index (χ2n) is 11.0. The van der Waals surface area contributed by atoms with Crippen LogP contribution >= 0.6 is 0 Å². The van der Waals surface area contributed by atoms with E-state index >= 15 is 0 Å². The van der Waals surface area contributed by atoms with E-state index in [0.717, 1.165) is 43.5 Å². The Bertz CT molecular complexity index is 1410. The molecule has 2 aliphatic rings. The predicted molar refractivity (Wildman–Crippen MR) is 162 cm³/mol. The summed E-state index contributed by atoms with van der Waals surface area (Å²) in [5, 5.41) is 33.1. The number of nitrogens with zero attached hydrogens (tertiary/aromatic N) is 1. The zero-order valence-corrected chi connectivity index (χ0v) is 25.9. The minimum absolute atomic E-state index is 0.158. The van der Waals surface area contributed by atoms with Gasteiger partial charge in [-0.25, -0.2) is 9.59 Å². The van der Waals surface area contributed by atoms with Crippen LogP contribution in [0.5, 0.6) is 0 Å². The quantitative estimate of drug-likeness (QED) is 0.209. The predicted octanol–water partition coefficient (Wildman–Crippen LogP) is 3.91. The van der Waals surface area contributed by atoms with E-state index in [1.54, 1.807) is 17.0 Å². The molecule has 0 aromatic heterocycles. The maximum absolute atomic E-state index is 13.2. The fourth-order valence-corrected chi connectivity index (χ4v) is 4.82. The highest BCUT2D eigenvalue weighted by atomic mass is 19.4. The third-order valence-electron chi connectivity index (χ3n) is 7.35. The Morgan fingerprint density at radius 2 is 1.45 bits per heavy atom. The SMILES string of the molecule is O=C(O)C(F)(F)F.O=C(O)C(F)(F)F.O=C(O)CC1Nc2cc(C(=O)NCCC3CCNCC3)ccc2CN(CCc2ccccc2)C1=O. The van der Waals surface area contributed by atoms with Crippen molar-refractivity contribution in [2.45, 2.75) is 57.0 Å². The van der Waals surface area contributed by atoms with Crippen molar-refractivity contribution in [3.63, 3.8) is 0 Å². The molecule has 2 aromatic carbocycles. The van der Waals surface area contributed by atoms with E-state index in [0.29, 0.717) is 43.2 Å². The second kappa shape index (κ2) is 18.6. The van der Waals surface area contributed by atoms with Crippen LogP contribution in [0.1, 0.15) is 47.2 Å². The van der Waals surface area contributed by atoms with Gasteiger partial charge in [0.2, 0.25) is 5.91 Å². The fraction of sp³-hybridized carbons (Fsp3) is 0.452. The summed E-state index contributed by atoms with van der Waals surface area (Å²) in [6.45, 7) is 3.55. The second-order valence-corrected chi connectivity index (χ2v) is 11.0. The number of halogens is 6. The Morgan fingerprint density at radius 1 is 0.878 bits per heavy atom. The van der Waals surface area contributed by atoms with Gasteiger partial charge in [-0.2, -0.15) is 26.3 Å². The maximum atomic E-state index is 13.2. The molecule has 4 rings (SSSR count). The van der Waals surface area contributed by atoms with Crippen molar-refractivity contribution in [2.24, 2.45) is 5.92 Å². The average molecular weight is 707 g/mol. The van der Waals surface area contributed by atoms with Crippen LogP contribution in [0.15, 0.2) is 48.5 Å².